The highest BCUT2D eigenvalue weighted by atomic mass is 32.2. The first-order valence-corrected chi connectivity index (χ1v) is 12.3. The molecule has 0 atom stereocenters. The zero-order chi connectivity index (χ0) is 23.5. The van der Waals surface area contributed by atoms with Gasteiger partial charge in [0.05, 0.1) is 23.0 Å². The monoisotopic (exact) mass is 486 g/mol. The second-order valence-corrected chi connectivity index (χ2v) is 9.61. The van der Waals surface area contributed by atoms with Gasteiger partial charge in [0.2, 0.25) is 0 Å². The molecule has 2 aromatic heterocycles. The van der Waals surface area contributed by atoms with Gasteiger partial charge in [-0.05, 0) is 44.4 Å². The standard InChI is InChI=1S/C23H26N4O4S2/c1-3-10-27-21(29)17(33-23(27)32)14-16-19(24-18-7-5-6-11-26(18)20(16)28)25-12-8-15(9-13-25)22(30)31-4-2/h5-7,11,14-15H,3-4,8-10,12-13H2,1-2H3. The van der Waals surface area contributed by atoms with Crippen LogP contribution in [-0.4, -0.2) is 56.7 Å². The van der Waals surface area contributed by atoms with Crippen molar-refractivity contribution in [2.75, 3.05) is 31.1 Å². The van der Waals surface area contributed by atoms with E-state index in [4.69, 9.17) is 21.9 Å². The molecule has 2 aromatic rings. The molecule has 2 aliphatic rings. The van der Waals surface area contributed by atoms with Crippen LogP contribution in [0.5, 0.6) is 0 Å². The Hall–Kier alpha value is -2.72. The maximum atomic E-state index is 13.4. The summed E-state index contributed by atoms with van der Waals surface area (Å²) in [5.74, 6) is 0.00524. The normalized spacial score (nSPS) is 18.5. The van der Waals surface area contributed by atoms with Crippen molar-refractivity contribution in [1.29, 1.82) is 0 Å². The van der Waals surface area contributed by atoms with E-state index < -0.39 is 0 Å². The van der Waals surface area contributed by atoms with Crippen LogP contribution in [0.1, 0.15) is 38.7 Å². The molecule has 33 heavy (non-hydrogen) atoms. The van der Waals surface area contributed by atoms with Gasteiger partial charge in [-0.1, -0.05) is 37.0 Å². The van der Waals surface area contributed by atoms with E-state index in [9.17, 15) is 14.4 Å². The van der Waals surface area contributed by atoms with Crippen molar-refractivity contribution in [3.05, 3.63) is 45.2 Å². The summed E-state index contributed by atoms with van der Waals surface area (Å²) >= 11 is 6.59. The van der Waals surface area contributed by atoms with Gasteiger partial charge in [0, 0.05) is 25.8 Å². The molecule has 4 rings (SSSR count). The number of aromatic nitrogens is 2. The molecule has 10 heteroatoms. The molecule has 0 saturated carbocycles. The number of fused-ring (bicyclic) bond motifs is 1. The van der Waals surface area contributed by atoms with Gasteiger partial charge in [0.15, 0.2) is 0 Å². The molecule has 2 fully saturated rings. The van der Waals surface area contributed by atoms with Crippen molar-refractivity contribution in [2.45, 2.75) is 33.1 Å². The van der Waals surface area contributed by atoms with E-state index in [1.807, 2.05) is 17.9 Å². The number of carbonyl (C=O) groups excluding carboxylic acids is 2. The lowest BCUT2D eigenvalue weighted by Gasteiger charge is -2.32. The third-order valence-corrected chi connectivity index (χ3v) is 7.14. The van der Waals surface area contributed by atoms with Crippen molar-refractivity contribution >= 4 is 57.7 Å². The number of thioether (sulfide) groups is 1. The zero-order valence-electron chi connectivity index (χ0n) is 18.7. The molecule has 0 unspecified atom stereocenters. The molecule has 174 valence electrons. The fourth-order valence-corrected chi connectivity index (χ4v) is 5.38. The Labute approximate surface area is 201 Å². The van der Waals surface area contributed by atoms with Gasteiger partial charge in [-0.3, -0.25) is 23.7 Å². The number of anilines is 1. The summed E-state index contributed by atoms with van der Waals surface area (Å²) in [7, 11) is 0. The molecule has 4 heterocycles. The molecule has 0 bridgehead atoms. The number of hydrogen-bond acceptors (Lipinski definition) is 8. The van der Waals surface area contributed by atoms with E-state index in [2.05, 4.69) is 0 Å². The Bertz CT molecular complexity index is 1180. The predicted molar refractivity (Wildman–Crippen MR) is 133 cm³/mol. The molecule has 0 aliphatic carbocycles. The topological polar surface area (TPSA) is 84.2 Å². The largest absolute Gasteiger partial charge is 0.466 e. The second kappa shape index (κ2) is 10.0. The lowest BCUT2D eigenvalue weighted by atomic mass is 9.96. The summed E-state index contributed by atoms with van der Waals surface area (Å²) in [6.45, 7) is 5.83. The van der Waals surface area contributed by atoms with Crippen LogP contribution >= 0.6 is 24.0 Å². The minimum atomic E-state index is -0.246. The van der Waals surface area contributed by atoms with Crippen LogP contribution in [0, 0.1) is 5.92 Å². The lowest BCUT2D eigenvalue weighted by molar-refractivity contribution is -0.148. The molecule has 0 spiro atoms. The number of esters is 1. The minimum absolute atomic E-state index is 0.156. The third kappa shape index (κ3) is 4.67. The van der Waals surface area contributed by atoms with E-state index in [0.29, 0.717) is 65.3 Å². The first-order valence-electron chi connectivity index (χ1n) is 11.1. The summed E-state index contributed by atoms with van der Waals surface area (Å²) in [5.41, 5.74) is 0.634. The smallest absolute Gasteiger partial charge is 0.309 e. The number of carbonyl (C=O) groups is 2. The summed E-state index contributed by atoms with van der Waals surface area (Å²) in [6.07, 6.45) is 5.32. The summed E-state index contributed by atoms with van der Waals surface area (Å²) in [6, 6.07) is 5.37. The number of nitrogens with zero attached hydrogens (tertiary/aromatic N) is 4. The highest BCUT2D eigenvalue weighted by molar-refractivity contribution is 8.26. The summed E-state index contributed by atoms with van der Waals surface area (Å²) < 4.78 is 7.15. The van der Waals surface area contributed by atoms with Crippen molar-refractivity contribution in [2.24, 2.45) is 5.92 Å². The van der Waals surface area contributed by atoms with Crippen molar-refractivity contribution in [3.8, 4) is 0 Å². The number of hydrogen-bond donors (Lipinski definition) is 0. The number of ether oxygens (including phenoxy) is 1. The molecule has 0 radical (unpaired) electrons. The molecule has 2 saturated heterocycles. The molecule has 0 N–H and O–H groups in total. The molecule has 0 aromatic carbocycles. The number of thiocarbonyl (C=S) groups is 1. The Balaban J connectivity index is 1.72. The average molecular weight is 487 g/mol. The van der Waals surface area contributed by atoms with Crippen molar-refractivity contribution in [3.63, 3.8) is 0 Å². The number of pyridine rings is 1. The number of amides is 1. The van der Waals surface area contributed by atoms with Crippen molar-refractivity contribution < 1.29 is 14.3 Å². The highest BCUT2D eigenvalue weighted by Crippen LogP contribution is 2.34. The first-order chi connectivity index (χ1) is 15.9. The Morgan fingerprint density at radius 2 is 2.03 bits per heavy atom. The fraction of sp³-hybridized carbons (Fsp3) is 0.435. The highest BCUT2D eigenvalue weighted by Gasteiger charge is 2.33. The Kier molecular flexibility index (Phi) is 7.14. The lowest BCUT2D eigenvalue weighted by Crippen LogP contribution is -2.39. The van der Waals surface area contributed by atoms with Crippen LogP contribution in [0.2, 0.25) is 0 Å². The Morgan fingerprint density at radius 1 is 1.27 bits per heavy atom. The second-order valence-electron chi connectivity index (χ2n) is 7.93. The van der Waals surface area contributed by atoms with Gasteiger partial charge in [-0.15, -0.1) is 0 Å². The van der Waals surface area contributed by atoms with Crippen molar-refractivity contribution in [1.82, 2.24) is 14.3 Å². The zero-order valence-corrected chi connectivity index (χ0v) is 20.3. The van der Waals surface area contributed by atoms with Gasteiger partial charge in [0.1, 0.15) is 15.8 Å². The SMILES string of the molecule is CCCN1C(=O)C(=Cc2c(N3CCC(C(=O)OCC)CC3)nc3ccccn3c2=O)SC1=S. The van der Waals surface area contributed by atoms with Crippen LogP contribution in [0.4, 0.5) is 5.82 Å². The van der Waals surface area contributed by atoms with Crippen LogP contribution < -0.4 is 10.5 Å². The van der Waals surface area contributed by atoms with Crippen LogP contribution in [0.15, 0.2) is 34.1 Å². The van der Waals surface area contributed by atoms with E-state index in [1.165, 1.54) is 16.2 Å². The van der Waals surface area contributed by atoms with Gasteiger partial charge in [-0.2, -0.15) is 0 Å². The van der Waals surface area contributed by atoms with E-state index in [0.717, 1.165) is 6.42 Å². The maximum Gasteiger partial charge on any atom is 0.309 e. The molecule has 2 aliphatic heterocycles. The number of piperidine rings is 1. The maximum absolute atomic E-state index is 13.4. The average Bonchev–Trinajstić information content (AvgIpc) is 3.09. The Morgan fingerprint density at radius 3 is 2.73 bits per heavy atom. The molecular weight excluding hydrogens is 460 g/mol. The van der Waals surface area contributed by atoms with Crippen LogP contribution in [0.25, 0.3) is 11.7 Å². The minimum Gasteiger partial charge on any atom is -0.466 e. The quantitative estimate of drug-likeness (QED) is 0.350. The number of rotatable bonds is 6. The predicted octanol–water partition coefficient (Wildman–Crippen LogP) is 3.09. The first kappa shape index (κ1) is 23.4. The van der Waals surface area contributed by atoms with Gasteiger partial charge >= 0.3 is 5.97 Å². The van der Waals surface area contributed by atoms with E-state index in [1.54, 1.807) is 36.2 Å². The summed E-state index contributed by atoms with van der Waals surface area (Å²) in [4.78, 5) is 47.3. The molecule has 1 amide bonds. The summed E-state index contributed by atoms with van der Waals surface area (Å²) in [5, 5.41) is 0. The van der Waals surface area contributed by atoms with Gasteiger partial charge < -0.3 is 9.64 Å². The van der Waals surface area contributed by atoms with E-state index >= 15 is 0 Å². The molecular formula is C23H26N4O4S2. The third-order valence-electron chi connectivity index (χ3n) is 5.76. The van der Waals surface area contributed by atoms with Crippen LogP contribution in [-0.2, 0) is 14.3 Å². The van der Waals surface area contributed by atoms with E-state index in [-0.39, 0.29) is 23.4 Å². The molecule has 8 nitrogen and oxygen atoms in total. The van der Waals surface area contributed by atoms with Crippen LogP contribution in [0.3, 0.4) is 0 Å². The van der Waals surface area contributed by atoms with Gasteiger partial charge in [-0.25, -0.2) is 4.98 Å². The van der Waals surface area contributed by atoms with Gasteiger partial charge in [0.25, 0.3) is 11.5 Å². The fourth-order valence-electron chi connectivity index (χ4n) is 4.09.